The minimum absolute atomic E-state index is 0.0764. The van der Waals surface area contributed by atoms with Crippen LogP contribution < -0.4 is 38.5 Å². The first-order chi connectivity index (χ1) is 15.8. The van der Waals surface area contributed by atoms with Gasteiger partial charge in [-0.2, -0.15) is 0 Å². The summed E-state index contributed by atoms with van der Waals surface area (Å²) in [6, 6.07) is -4.36. The molecule has 0 heterocycles. The Morgan fingerprint density at radius 3 is 2.00 bits per heavy atom. The summed E-state index contributed by atoms with van der Waals surface area (Å²) in [5, 5.41) is 26.3. The lowest BCUT2D eigenvalue weighted by molar-refractivity contribution is -0.142. The van der Waals surface area contributed by atoms with E-state index in [-0.39, 0.29) is 37.7 Å². The van der Waals surface area contributed by atoms with Crippen molar-refractivity contribution in [3.63, 3.8) is 0 Å². The van der Waals surface area contributed by atoms with Crippen molar-refractivity contribution in [1.82, 2.24) is 21.3 Å². The van der Waals surface area contributed by atoms with Crippen molar-refractivity contribution in [1.29, 1.82) is 5.41 Å². The highest BCUT2D eigenvalue weighted by Gasteiger charge is 2.29. The Kier molecular flexibility index (Phi) is 13.9. The highest BCUT2D eigenvalue weighted by atomic mass is 16.4. The molecule has 0 aliphatic carbocycles. The van der Waals surface area contributed by atoms with E-state index in [0.29, 0.717) is 12.8 Å². The minimum Gasteiger partial charge on any atom is -0.480 e. The lowest BCUT2D eigenvalue weighted by Gasteiger charge is -2.24. The zero-order valence-corrected chi connectivity index (χ0v) is 19.8. The number of nitrogens with one attached hydrogen (secondary N) is 5. The second-order valence-corrected chi connectivity index (χ2v) is 8.09. The predicted octanol–water partition coefficient (Wildman–Crippen LogP) is -2.55. The highest BCUT2D eigenvalue weighted by Crippen LogP contribution is 2.06. The molecule has 0 saturated heterocycles. The summed E-state index contributed by atoms with van der Waals surface area (Å²) in [6.45, 7) is 5.35. The third-order valence-electron chi connectivity index (χ3n) is 5.22. The topological polar surface area (TPSA) is 256 Å². The smallest absolute Gasteiger partial charge is 0.326 e. The average molecular weight is 487 g/mol. The van der Waals surface area contributed by atoms with Crippen molar-refractivity contribution in [2.45, 2.75) is 77.0 Å². The highest BCUT2D eigenvalue weighted by molar-refractivity contribution is 5.94. The van der Waals surface area contributed by atoms with Crippen LogP contribution in [0.25, 0.3) is 0 Å². The lowest BCUT2D eigenvalue weighted by Crippen LogP contribution is -2.57. The van der Waals surface area contributed by atoms with Gasteiger partial charge in [0, 0.05) is 13.0 Å². The predicted molar refractivity (Wildman–Crippen MR) is 124 cm³/mol. The normalized spacial score (nSPS) is 15.1. The molecular weight excluding hydrogens is 448 g/mol. The first-order valence-electron chi connectivity index (χ1n) is 11.1. The second kappa shape index (κ2) is 15.4. The summed E-state index contributed by atoms with van der Waals surface area (Å²) in [5.74, 6) is -4.43. The maximum atomic E-state index is 12.7. The van der Waals surface area contributed by atoms with Crippen molar-refractivity contribution in [2.75, 3.05) is 6.54 Å². The Labute approximate surface area is 198 Å². The van der Waals surface area contributed by atoms with Crippen LogP contribution in [0.5, 0.6) is 0 Å². The van der Waals surface area contributed by atoms with Crippen LogP contribution in [0.2, 0.25) is 0 Å². The van der Waals surface area contributed by atoms with Gasteiger partial charge in [0.05, 0.1) is 6.04 Å². The Balaban J connectivity index is 5.27. The van der Waals surface area contributed by atoms with E-state index in [1.165, 1.54) is 6.92 Å². The molecule has 14 nitrogen and oxygen atoms in total. The van der Waals surface area contributed by atoms with Gasteiger partial charge in [-0.1, -0.05) is 20.3 Å². The lowest BCUT2D eigenvalue weighted by atomic mass is 9.99. The SMILES string of the molecule is CC[C@H](C)[C@H](N)C(=O)N[C@@H](C)C(=O)N[C@@H](CCCNC(=N)N)C(=O)N[C@@H](CCC(N)=O)C(=O)O. The fourth-order valence-electron chi connectivity index (χ4n) is 2.80. The van der Waals surface area contributed by atoms with Gasteiger partial charge in [0.15, 0.2) is 5.96 Å². The van der Waals surface area contributed by atoms with Gasteiger partial charge in [0.1, 0.15) is 18.1 Å². The van der Waals surface area contributed by atoms with E-state index >= 15 is 0 Å². The van der Waals surface area contributed by atoms with Crippen LogP contribution in [0.1, 0.15) is 52.9 Å². The minimum atomic E-state index is -1.39. The molecule has 0 aliphatic heterocycles. The maximum absolute atomic E-state index is 12.7. The molecule has 34 heavy (non-hydrogen) atoms. The summed E-state index contributed by atoms with van der Waals surface area (Å²) in [7, 11) is 0. The maximum Gasteiger partial charge on any atom is 0.326 e. The molecule has 5 atom stereocenters. The van der Waals surface area contributed by atoms with Crippen molar-refractivity contribution in [2.24, 2.45) is 23.1 Å². The Morgan fingerprint density at radius 1 is 0.912 bits per heavy atom. The third kappa shape index (κ3) is 12.0. The Bertz CT molecular complexity index is 747. The zero-order valence-electron chi connectivity index (χ0n) is 19.8. The first-order valence-corrected chi connectivity index (χ1v) is 11.1. The van der Waals surface area contributed by atoms with Crippen molar-refractivity contribution in [3.05, 3.63) is 0 Å². The number of carboxylic acids is 1. The number of aliphatic carboxylic acids is 1. The van der Waals surface area contributed by atoms with Crippen LogP contribution in [0, 0.1) is 11.3 Å². The van der Waals surface area contributed by atoms with Crippen LogP contribution in [0.3, 0.4) is 0 Å². The van der Waals surface area contributed by atoms with Crippen LogP contribution in [-0.2, 0) is 24.0 Å². The number of hydrogen-bond acceptors (Lipinski definition) is 7. The summed E-state index contributed by atoms with van der Waals surface area (Å²) >= 11 is 0. The van der Waals surface area contributed by atoms with E-state index < -0.39 is 53.8 Å². The molecule has 0 aromatic carbocycles. The fraction of sp³-hybridized carbons (Fsp3) is 0.700. The molecule has 4 amide bonds. The van der Waals surface area contributed by atoms with E-state index in [9.17, 15) is 29.1 Å². The molecular formula is C20H38N8O6. The molecule has 0 bridgehead atoms. The number of carbonyl (C=O) groups excluding carboxylic acids is 4. The fourth-order valence-corrected chi connectivity index (χ4v) is 2.80. The molecule has 0 saturated carbocycles. The Hall–Kier alpha value is -3.42. The largest absolute Gasteiger partial charge is 0.480 e. The zero-order chi connectivity index (χ0) is 26.4. The van der Waals surface area contributed by atoms with E-state index in [0.717, 1.165) is 0 Å². The number of nitrogens with two attached hydrogens (primary N) is 3. The van der Waals surface area contributed by atoms with Gasteiger partial charge in [-0.3, -0.25) is 24.6 Å². The number of amides is 4. The number of carboxylic acid groups (broad SMARTS) is 1. The molecule has 194 valence electrons. The molecule has 0 unspecified atom stereocenters. The molecule has 14 heteroatoms. The van der Waals surface area contributed by atoms with Crippen LogP contribution in [0.15, 0.2) is 0 Å². The van der Waals surface area contributed by atoms with Crippen molar-refractivity contribution in [3.8, 4) is 0 Å². The number of primary amides is 1. The second-order valence-electron chi connectivity index (χ2n) is 8.09. The molecule has 0 rings (SSSR count). The van der Waals surface area contributed by atoms with Gasteiger partial charge in [-0.15, -0.1) is 0 Å². The summed E-state index contributed by atoms with van der Waals surface area (Å²) < 4.78 is 0. The molecule has 0 aromatic rings. The van der Waals surface area contributed by atoms with Crippen molar-refractivity contribution >= 4 is 35.6 Å². The van der Waals surface area contributed by atoms with Gasteiger partial charge < -0.3 is 43.6 Å². The Morgan fingerprint density at radius 2 is 1.50 bits per heavy atom. The quantitative estimate of drug-likeness (QED) is 0.0631. The molecule has 0 aromatic heterocycles. The number of hydrogen-bond donors (Lipinski definition) is 9. The van der Waals surface area contributed by atoms with E-state index in [4.69, 9.17) is 22.6 Å². The van der Waals surface area contributed by atoms with Gasteiger partial charge >= 0.3 is 5.97 Å². The number of rotatable bonds is 16. The van der Waals surface area contributed by atoms with E-state index in [2.05, 4.69) is 21.3 Å². The van der Waals surface area contributed by atoms with Gasteiger partial charge in [0.2, 0.25) is 23.6 Å². The summed E-state index contributed by atoms with van der Waals surface area (Å²) in [5.41, 5.74) is 16.1. The monoisotopic (exact) mass is 486 g/mol. The molecule has 0 aliphatic rings. The van der Waals surface area contributed by atoms with Crippen LogP contribution in [0.4, 0.5) is 0 Å². The third-order valence-corrected chi connectivity index (χ3v) is 5.22. The molecule has 0 spiro atoms. The van der Waals surface area contributed by atoms with Crippen molar-refractivity contribution < 1.29 is 29.1 Å². The van der Waals surface area contributed by atoms with Gasteiger partial charge in [-0.05, 0) is 32.1 Å². The van der Waals surface area contributed by atoms with Crippen LogP contribution >= 0.6 is 0 Å². The molecule has 0 radical (unpaired) electrons. The number of carbonyl (C=O) groups is 5. The molecule has 0 fully saturated rings. The summed E-state index contributed by atoms with van der Waals surface area (Å²) in [6.07, 6.45) is 0.578. The van der Waals surface area contributed by atoms with E-state index in [1.807, 2.05) is 13.8 Å². The van der Waals surface area contributed by atoms with E-state index in [1.54, 1.807) is 0 Å². The standard InChI is InChI=1S/C20H38N8O6/c1-4-10(2)15(22)18(32)26-11(3)16(30)27-12(6-5-9-25-20(23)24)17(31)28-13(19(33)34)7-8-14(21)29/h10-13,15H,4-9,22H2,1-3H3,(H2,21,29)(H,26,32)(H,27,30)(H,28,31)(H,33,34)(H4,23,24,25)/t10-,11-,12-,13-,15-/m0/s1. The van der Waals surface area contributed by atoms with Crippen LogP contribution in [-0.4, -0.2) is 71.4 Å². The summed E-state index contributed by atoms with van der Waals surface area (Å²) in [4.78, 5) is 60.1. The van der Waals surface area contributed by atoms with Gasteiger partial charge in [-0.25, -0.2) is 4.79 Å². The average Bonchev–Trinajstić information content (AvgIpc) is 2.76. The molecule has 12 N–H and O–H groups in total. The number of guanidine groups is 1. The van der Waals surface area contributed by atoms with Gasteiger partial charge in [0.25, 0.3) is 0 Å². The first kappa shape index (κ1) is 30.6.